The normalized spacial score (nSPS) is 28.5. The van der Waals surface area contributed by atoms with Crippen molar-refractivity contribution < 1.29 is 19.1 Å². The van der Waals surface area contributed by atoms with E-state index in [1.165, 1.54) is 4.90 Å². The van der Waals surface area contributed by atoms with E-state index >= 15 is 0 Å². The van der Waals surface area contributed by atoms with Crippen LogP contribution in [-0.4, -0.2) is 42.8 Å². The maximum atomic E-state index is 12.8. The quantitative estimate of drug-likeness (QED) is 0.859. The maximum Gasteiger partial charge on any atom is 0.416 e. The van der Waals surface area contributed by atoms with E-state index in [1.54, 1.807) is 0 Å². The zero-order valence-electron chi connectivity index (χ0n) is 12.7. The number of benzene rings is 1. The molecule has 3 rings (SSSR count). The van der Waals surface area contributed by atoms with Gasteiger partial charge in [0.05, 0.1) is 6.04 Å². The summed E-state index contributed by atoms with van der Waals surface area (Å²) in [6.07, 6.45) is 0.794. The van der Waals surface area contributed by atoms with Gasteiger partial charge < -0.3 is 9.47 Å². The fourth-order valence-electron chi connectivity index (χ4n) is 3.19. The minimum Gasteiger partial charge on any atom is -0.447 e. The molecule has 2 aliphatic rings. The lowest BCUT2D eigenvalue weighted by molar-refractivity contribution is -0.139. The fourth-order valence-corrected chi connectivity index (χ4v) is 3.19. The molecule has 2 heterocycles. The summed E-state index contributed by atoms with van der Waals surface area (Å²) in [5.74, 6) is -0.135. The highest BCUT2D eigenvalue weighted by atomic mass is 16.6. The molecule has 0 bridgehead atoms. The highest BCUT2D eigenvalue weighted by Gasteiger charge is 2.42. The SMILES string of the molecule is C[C@H]1COCC[C@@H]1C(=O)N1C(=O)OC[C@H]1Cc1ccccc1. The van der Waals surface area contributed by atoms with Gasteiger partial charge in [-0.3, -0.25) is 4.79 Å². The van der Waals surface area contributed by atoms with Crippen molar-refractivity contribution >= 4 is 12.0 Å². The third-order valence-corrected chi connectivity index (χ3v) is 4.47. The molecule has 0 saturated carbocycles. The first-order valence-corrected chi connectivity index (χ1v) is 7.78. The van der Waals surface area contributed by atoms with Crippen LogP contribution >= 0.6 is 0 Å². The Morgan fingerprint density at radius 3 is 2.77 bits per heavy atom. The number of amides is 2. The number of carbonyl (C=O) groups is 2. The molecular formula is C17H21NO4. The number of rotatable bonds is 3. The van der Waals surface area contributed by atoms with E-state index in [2.05, 4.69) is 0 Å². The first kappa shape index (κ1) is 15.0. The van der Waals surface area contributed by atoms with Gasteiger partial charge in [0.25, 0.3) is 0 Å². The molecule has 0 radical (unpaired) electrons. The zero-order chi connectivity index (χ0) is 15.5. The van der Waals surface area contributed by atoms with Crippen molar-refractivity contribution in [2.45, 2.75) is 25.8 Å². The molecule has 22 heavy (non-hydrogen) atoms. The highest BCUT2D eigenvalue weighted by Crippen LogP contribution is 2.27. The van der Waals surface area contributed by atoms with E-state index in [1.807, 2.05) is 37.3 Å². The number of cyclic esters (lactones) is 1. The second-order valence-electron chi connectivity index (χ2n) is 6.08. The van der Waals surface area contributed by atoms with Gasteiger partial charge in [0, 0.05) is 19.1 Å². The molecule has 0 aliphatic carbocycles. The van der Waals surface area contributed by atoms with Gasteiger partial charge in [0.15, 0.2) is 0 Å². The van der Waals surface area contributed by atoms with Crippen LogP contribution in [0.5, 0.6) is 0 Å². The lowest BCUT2D eigenvalue weighted by atomic mass is 9.88. The molecule has 0 aromatic heterocycles. The van der Waals surface area contributed by atoms with Gasteiger partial charge >= 0.3 is 6.09 Å². The van der Waals surface area contributed by atoms with Crippen molar-refractivity contribution in [1.29, 1.82) is 0 Å². The van der Waals surface area contributed by atoms with E-state index in [0.717, 1.165) is 5.56 Å². The third kappa shape index (κ3) is 2.99. The number of carbonyl (C=O) groups excluding carboxylic acids is 2. The monoisotopic (exact) mass is 303 g/mol. The van der Waals surface area contributed by atoms with Crippen LogP contribution in [0, 0.1) is 11.8 Å². The topological polar surface area (TPSA) is 55.8 Å². The second kappa shape index (κ2) is 6.48. The van der Waals surface area contributed by atoms with E-state index in [9.17, 15) is 9.59 Å². The standard InChI is InChI=1S/C17H21NO4/c1-12-10-21-8-7-15(12)16(19)18-14(11-22-17(18)20)9-13-5-3-2-4-6-13/h2-6,12,14-15H,7-11H2,1H3/t12-,14+,15-/m0/s1. The maximum absolute atomic E-state index is 12.8. The summed E-state index contributed by atoms with van der Waals surface area (Å²) in [5.41, 5.74) is 1.10. The van der Waals surface area contributed by atoms with Crippen LogP contribution in [0.3, 0.4) is 0 Å². The minimum absolute atomic E-state index is 0.112. The Morgan fingerprint density at radius 2 is 2.05 bits per heavy atom. The molecule has 2 amide bonds. The average Bonchev–Trinajstić information content (AvgIpc) is 2.89. The van der Waals surface area contributed by atoms with Crippen LogP contribution < -0.4 is 0 Å². The van der Waals surface area contributed by atoms with Crippen LogP contribution in [0.25, 0.3) is 0 Å². The van der Waals surface area contributed by atoms with Crippen molar-refractivity contribution in [3.8, 4) is 0 Å². The molecule has 3 atom stereocenters. The van der Waals surface area contributed by atoms with E-state index < -0.39 is 6.09 Å². The smallest absolute Gasteiger partial charge is 0.416 e. The van der Waals surface area contributed by atoms with Gasteiger partial charge in [-0.2, -0.15) is 0 Å². The molecular weight excluding hydrogens is 282 g/mol. The van der Waals surface area contributed by atoms with Crippen LogP contribution in [0.15, 0.2) is 30.3 Å². The van der Waals surface area contributed by atoms with E-state index in [-0.39, 0.29) is 30.4 Å². The van der Waals surface area contributed by atoms with Gasteiger partial charge in [0.2, 0.25) is 5.91 Å². The average molecular weight is 303 g/mol. The van der Waals surface area contributed by atoms with Gasteiger partial charge in [0.1, 0.15) is 6.61 Å². The number of hydrogen-bond donors (Lipinski definition) is 0. The lowest BCUT2D eigenvalue weighted by Gasteiger charge is -2.31. The number of hydrogen-bond acceptors (Lipinski definition) is 4. The molecule has 0 unspecified atom stereocenters. The van der Waals surface area contributed by atoms with Crippen molar-refractivity contribution in [3.05, 3.63) is 35.9 Å². The highest BCUT2D eigenvalue weighted by molar-refractivity contribution is 5.95. The Bertz CT molecular complexity index is 545. The molecule has 2 saturated heterocycles. The Labute approximate surface area is 130 Å². The zero-order valence-corrected chi connectivity index (χ0v) is 12.7. The molecule has 1 aromatic rings. The van der Waals surface area contributed by atoms with Gasteiger partial charge in [-0.15, -0.1) is 0 Å². The summed E-state index contributed by atoms with van der Waals surface area (Å²) in [6.45, 7) is 3.42. The number of imide groups is 1. The molecule has 2 aliphatic heterocycles. The van der Waals surface area contributed by atoms with Crippen LogP contribution in [0.1, 0.15) is 18.9 Å². The Hall–Kier alpha value is -1.88. The largest absolute Gasteiger partial charge is 0.447 e. The Morgan fingerprint density at radius 1 is 1.27 bits per heavy atom. The van der Waals surface area contributed by atoms with Gasteiger partial charge in [-0.05, 0) is 24.3 Å². The third-order valence-electron chi connectivity index (χ3n) is 4.47. The molecule has 0 N–H and O–H groups in total. The second-order valence-corrected chi connectivity index (χ2v) is 6.08. The lowest BCUT2D eigenvalue weighted by Crippen LogP contribution is -2.47. The van der Waals surface area contributed by atoms with Crippen LogP contribution in [0.2, 0.25) is 0 Å². The van der Waals surface area contributed by atoms with Crippen LogP contribution in [-0.2, 0) is 20.7 Å². The molecule has 2 fully saturated rings. The van der Waals surface area contributed by atoms with Gasteiger partial charge in [-0.25, -0.2) is 9.69 Å². The molecule has 118 valence electrons. The van der Waals surface area contributed by atoms with E-state index in [4.69, 9.17) is 9.47 Å². The van der Waals surface area contributed by atoms with Gasteiger partial charge in [-0.1, -0.05) is 37.3 Å². The van der Waals surface area contributed by atoms with E-state index in [0.29, 0.717) is 26.1 Å². The predicted octanol–water partition coefficient (Wildman–Crippen LogP) is 2.25. The first-order valence-electron chi connectivity index (χ1n) is 7.78. The Kier molecular flexibility index (Phi) is 4.43. The summed E-state index contributed by atoms with van der Waals surface area (Å²) in [6, 6.07) is 9.66. The van der Waals surface area contributed by atoms with Crippen molar-refractivity contribution in [3.63, 3.8) is 0 Å². The summed E-state index contributed by atoms with van der Waals surface area (Å²) >= 11 is 0. The molecule has 0 spiro atoms. The summed E-state index contributed by atoms with van der Waals surface area (Å²) in [7, 11) is 0. The van der Waals surface area contributed by atoms with Crippen molar-refractivity contribution in [2.24, 2.45) is 11.8 Å². The summed E-state index contributed by atoms with van der Waals surface area (Å²) in [4.78, 5) is 26.1. The Balaban J connectivity index is 1.74. The number of nitrogens with zero attached hydrogens (tertiary/aromatic N) is 1. The summed E-state index contributed by atoms with van der Waals surface area (Å²) in [5, 5.41) is 0. The molecule has 5 nitrogen and oxygen atoms in total. The first-order chi connectivity index (χ1) is 10.7. The number of ether oxygens (including phenoxy) is 2. The fraction of sp³-hybridized carbons (Fsp3) is 0.529. The molecule has 1 aromatic carbocycles. The van der Waals surface area contributed by atoms with Crippen LogP contribution in [0.4, 0.5) is 4.79 Å². The van der Waals surface area contributed by atoms with Crippen molar-refractivity contribution in [2.75, 3.05) is 19.8 Å². The molecule has 5 heteroatoms. The minimum atomic E-state index is -0.510. The van der Waals surface area contributed by atoms with Crippen molar-refractivity contribution in [1.82, 2.24) is 4.90 Å². The predicted molar refractivity (Wildman–Crippen MR) is 80.2 cm³/mol. The summed E-state index contributed by atoms with van der Waals surface area (Å²) < 4.78 is 10.5.